The summed E-state index contributed by atoms with van der Waals surface area (Å²) in [6.45, 7) is 1.27. The van der Waals surface area contributed by atoms with Crippen molar-refractivity contribution in [2.45, 2.75) is 38.1 Å². The number of nitrogens with zero attached hydrogens (tertiary/aromatic N) is 3. The number of hydrogen-bond acceptors (Lipinski definition) is 5. The topological polar surface area (TPSA) is 110 Å². The van der Waals surface area contributed by atoms with E-state index in [0.29, 0.717) is 26.2 Å². The Morgan fingerprint density at radius 3 is 2.23 bits per heavy atom. The Balaban J connectivity index is 0.00000338. The Labute approximate surface area is 161 Å². The Kier molecular flexibility index (Phi) is 9.25. The van der Waals surface area contributed by atoms with E-state index >= 15 is 0 Å². The molecule has 152 valence electrons. The van der Waals surface area contributed by atoms with Gasteiger partial charge in [0.05, 0.1) is 6.54 Å². The second-order valence-electron chi connectivity index (χ2n) is 6.66. The van der Waals surface area contributed by atoms with Crippen molar-refractivity contribution >= 4 is 34.5 Å². The molecule has 0 radical (unpaired) electrons. The second kappa shape index (κ2) is 10.4. The fourth-order valence-electron chi connectivity index (χ4n) is 3.37. The van der Waals surface area contributed by atoms with E-state index in [1.807, 2.05) is 4.90 Å². The molecule has 1 amide bonds. The normalized spacial score (nSPS) is 20.5. The van der Waals surface area contributed by atoms with Crippen molar-refractivity contribution in [1.29, 1.82) is 0 Å². The quantitative estimate of drug-likeness (QED) is 0.596. The Morgan fingerprint density at radius 2 is 1.69 bits per heavy atom. The monoisotopic (exact) mass is 412 g/mol. The number of piperazine rings is 1. The molecule has 11 heteroatoms. The van der Waals surface area contributed by atoms with Gasteiger partial charge in [-0.25, -0.2) is 0 Å². The lowest BCUT2D eigenvalue weighted by molar-refractivity contribution is -0.138. The summed E-state index contributed by atoms with van der Waals surface area (Å²) in [5, 5.41) is 10.9. The van der Waals surface area contributed by atoms with Crippen LogP contribution in [-0.2, 0) is 19.8 Å². The molecule has 26 heavy (non-hydrogen) atoms. The molecule has 2 aliphatic rings. The molecule has 1 aliphatic heterocycles. The summed E-state index contributed by atoms with van der Waals surface area (Å²) in [6.07, 6.45) is 5.15. The van der Waals surface area contributed by atoms with E-state index in [4.69, 9.17) is 5.11 Å². The lowest BCUT2D eigenvalue weighted by atomic mass is 9.96. The maximum atomic E-state index is 12.8. The van der Waals surface area contributed by atoms with Gasteiger partial charge in [0.1, 0.15) is 6.54 Å². The van der Waals surface area contributed by atoms with Crippen molar-refractivity contribution in [2.75, 3.05) is 46.3 Å². The molecule has 1 heterocycles. The third-order valence-electron chi connectivity index (χ3n) is 4.91. The molecule has 0 aromatic carbocycles. The van der Waals surface area contributed by atoms with Crippen LogP contribution in [0.5, 0.6) is 0 Å². The van der Waals surface area contributed by atoms with Crippen molar-refractivity contribution < 1.29 is 23.1 Å². The number of carbonyl (C=O) groups is 2. The average Bonchev–Trinajstić information content (AvgIpc) is 2.60. The van der Waals surface area contributed by atoms with Gasteiger partial charge in [0.25, 0.3) is 10.2 Å². The molecule has 2 rings (SSSR count). The van der Waals surface area contributed by atoms with Crippen LogP contribution in [0.4, 0.5) is 0 Å². The SMILES string of the molecule is CN(C1CCCCC1)S(=O)(=O)N1CCN(CC(=O)NCC(=O)O)CC1.Cl. The third kappa shape index (κ3) is 6.34. The number of carboxylic acids is 1. The van der Waals surface area contributed by atoms with Gasteiger partial charge in [-0.1, -0.05) is 19.3 Å². The van der Waals surface area contributed by atoms with Gasteiger partial charge in [0.15, 0.2) is 0 Å². The van der Waals surface area contributed by atoms with Gasteiger partial charge in [-0.05, 0) is 12.8 Å². The number of amides is 1. The van der Waals surface area contributed by atoms with E-state index in [-0.39, 0.29) is 30.9 Å². The maximum absolute atomic E-state index is 12.8. The first-order chi connectivity index (χ1) is 11.8. The summed E-state index contributed by atoms with van der Waals surface area (Å²) in [6, 6.07) is 0.0820. The predicted molar refractivity (Wildman–Crippen MR) is 99.5 cm³/mol. The van der Waals surface area contributed by atoms with Gasteiger partial charge >= 0.3 is 5.97 Å². The van der Waals surface area contributed by atoms with Crippen LogP contribution in [0.25, 0.3) is 0 Å². The minimum Gasteiger partial charge on any atom is -0.480 e. The lowest BCUT2D eigenvalue weighted by Gasteiger charge is -2.38. The fourth-order valence-corrected chi connectivity index (χ4v) is 4.94. The number of carboxylic acid groups (broad SMARTS) is 1. The molecule has 0 aromatic rings. The highest BCUT2D eigenvalue weighted by Crippen LogP contribution is 2.25. The van der Waals surface area contributed by atoms with Crippen molar-refractivity contribution in [1.82, 2.24) is 18.8 Å². The summed E-state index contributed by atoms with van der Waals surface area (Å²) in [4.78, 5) is 23.9. The van der Waals surface area contributed by atoms with Gasteiger partial charge < -0.3 is 10.4 Å². The minimum absolute atomic E-state index is 0. The molecule has 0 unspecified atom stereocenters. The highest BCUT2D eigenvalue weighted by molar-refractivity contribution is 7.86. The Morgan fingerprint density at radius 1 is 1.12 bits per heavy atom. The standard InChI is InChI=1S/C15H28N4O5S.ClH/c1-17(13-5-3-2-4-6-13)25(23,24)19-9-7-18(8-10-19)12-14(20)16-11-15(21)22;/h13H,2-12H2,1H3,(H,16,20)(H,21,22);1H. The number of hydrogen-bond donors (Lipinski definition) is 2. The number of rotatable bonds is 7. The van der Waals surface area contributed by atoms with Crippen LogP contribution in [0, 0.1) is 0 Å². The van der Waals surface area contributed by atoms with Crippen LogP contribution >= 0.6 is 12.4 Å². The number of halogens is 1. The lowest BCUT2D eigenvalue weighted by Crippen LogP contribution is -2.55. The molecule has 0 spiro atoms. The van der Waals surface area contributed by atoms with Gasteiger partial charge in [-0.15, -0.1) is 12.4 Å². The number of aliphatic carboxylic acids is 1. The third-order valence-corrected chi connectivity index (χ3v) is 6.96. The molecule has 2 fully saturated rings. The molecule has 0 bridgehead atoms. The number of carbonyl (C=O) groups excluding carboxylic acids is 1. The molecule has 1 saturated carbocycles. The zero-order valence-corrected chi connectivity index (χ0v) is 16.7. The van der Waals surface area contributed by atoms with Crippen molar-refractivity contribution in [2.24, 2.45) is 0 Å². The second-order valence-corrected chi connectivity index (χ2v) is 8.65. The molecular weight excluding hydrogens is 384 g/mol. The molecular formula is C15H29ClN4O5S. The van der Waals surface area contributed by atoms with Crippen LogP contribution in [0.2, 0.25) is 0 Å². The minimum atomic E-state index is -3.47. The van der Waals surface area contributed by atoms with E-state index in [1.165, 1.54) is 15.0 Å². The summed E-state index contributed by atoms with van der Waals surface area (Å²) in [5.74, 6) is -1.45. The summed E-state index contributed by atoms with van der Waals surface area (Å²) < 4.78 is 28.6. The largest absolute Gasteiger partial charge is 0.480 e. The first-order valence-electron chi connectivity index (χ1n) is 8.74. The van der Waals surface area contributed by atoms with Crippen molar-refractivity contribution in [3.8, 4) is 0 Å². The summed E-state index contributed by atoms with van der Waals surface area (Å²) >= 11 is 0. The Bertz CT molecular complexity index is 575. The van der Waals surface area contributed by atoms with Crippen LogP contribution in [0.3, 0.4) is 0 Å². The fraction of sp³-hybridized carbons (Fsp3) is 0.867. The van der Waals surface area contributed by atoms with Crippen LogP contribution in [-0.4, -0.2) is 91.3 Å². The van der Waals surface area contributed by atoms with Gasteiger partial charge in [-0.2, -0.15) is 17.0 Å². The van der Waals surface area contributed by atoms with Gasteiger partial charge in [0, 0.05) is 39.3 Å². The van der Waals surface area contributed by atoms with E-state index in [1.54, 1.807) is 7.05 Å². The van der Waals surface area contributed by atoms with E-state index in [2.05, 4.69) is 5.32 Å². The van der Waals surface area contributed by atoms with Gasteiger partial charge in [0.2, 0.25) is 5.91 Å². The van der Waals surface area contributed by atoms with E-state index in [0.717, 1.165) is 25.7 Å². The van der Waals surface area contributed by atoms with E-state index < -0.39 is 22.7 Å². The predicted octanol–water partition coefficient (Wildman–Crippen LogP) is -0.264. The smallest absolute Gasteiger partial charge is 0.322 e. The highest BCUT2D eigenvalue weighted by Gasteiger charge is 2.34. The van der Waals surface area contributed by atoms with Crippen LogP contribution < -0.4 is 5.32 Å². The zero-order valence-electron chi connectivity index (χ0n) is 15.1. The summed E-state index contributed by atoms with van der Waals surface area (Å²) in [7, 11) is -1.81. The highest BCUT2D eigenvalue weighted by atomic mass is 35.5. The van der Waals surface area contributed by atoms with Crippen LogP contribution in [0.1, 0.15) is 32.1 Å². The molecule has 0 atom stereocenters. The summed E-state index contributed by atoms with van der Waals surface area (Å²) in [5.41, 5.74) is 0. The molecule has 1 aliphatic carbocycles. The van der Waals surface area contributed by atoms with Crippen molar-refractivity contribution in [3.63, 3.8) is 0 Å². The molecule has 2 N–H and O–H groups in total. The molecule has 9 nitrogen and oxygen atoms in total. The Hall–Kier alpha value is -0.940. The van der Waals surface area contributed by atoms with Gasteiger partial charge in [-0.3, -0.25) is 14.5 Å². The first kappa shape index (κ1) is 23.1. The van der Waals surface area contributed by atoms with Crippen molar-refractivity contribution in [3.05, 3.63) is 0 Å². The van der Waals surface area contributed by atoms with Crippen LogP contribution in [0.15, 0.2) is 0 Å². The first-order valence-corrected chi connectivity index (χ1v) is 10.1. The van der Waals surface area contributed by atoms with E-state index in [9.17, 15) is 18.0 Å². The molecule has 1 saturated heterocycles. The molecule has 0 aromatic heterocycles. The zero-order chi connectivity index (χ0) is 18.4. The number of nitrogens with one attached hydrogen (secondary N) is 1. The average molecular weight is 413 g/mol. The maximum Gasteiger partial charge on any atom is 0.322 e.